The van der Waals surface area contributed by atoms with Gasteiger partial charge in [-0.3, -0.25) is 20.4 Å². The molecule has 4 aromatic rings. The fourth-order valence-electron chi connectivity index (χ4n) is 4.78. The summed E-state index contributed by atoms with van der Waals surface area (Å²) in [7, 11) is 0. The fraction of sp³-hybridized carbons (Fsp3) is 0.346. The minimum absolute atomic E-state index is 0.0218. The van der Waals surface area contributed by atoms with Crippen molar-refractivity contribution in [2.24, 2.45) is 11.8 Å². The number of rotatable bonds is 6. The topological polar surface area (TPSA) is 105 Å². The fourth-order valence-corrected chi connectivity index (χ4v) is 4.78. The lowest BCUT2D eigenvalue weighted by molar-refractivity contribution is -0.135. The molecule has 1 fully saturated rings. The zero-order valence-corrected chi connectivity index (χ0v) is 19.9. The third kappa shape index (κ3) is 4.94. The normalized spacial score (nSPS) is 18.1. The molecule has 5 rings (SSSR count). The van der Waals surface area contributed by atoms with E-state index in [4.69, 9.17) is 4.98 Å². The number of hydrogen-bond donors (Lipinski definition) is 2. The summed E-state index contributed by atoms with van der Waals surface area (Å²) in [5.41, 5.74) is 7.80. The maximum Gasteiger partial charge on any atom is 0.245 e. The Morgan fingerprint density at radius 1 is 0.943 bits per heavy atom. The van der Waals surface area contributed by atoms with E-state index in [0.29, 0.717) is 29.3 Å². The number of aromatic nitrogens is 4. The quantitative estimate of drug-likeness (QED) is 0.416. The third-order valence-electron chi connectivity index (χ3n) is 6.31. The Bertz CT molecular complexity index is 1360. The van der Waals surface area contributed by atoms with Crippen LogP contribution < -0.4 is 10.9 Å². The average Bonchev–Trinajstić information content (AvgIpc) is 3.32. The van der Waals surface area contributed by atoms with Crippen LogP contribution in [0.5, 0.6) is 0 Å². The van der Waals surface area contributed by atoms with Gasteiger partial charge in [0.05, 0.1) is 5.52 Å². The molecule has 180 valence electrons. The predicted octanol–water partition coefficient (Wildman–Crippen LogP) is 3.67. The van der Waals surface area contributed by atoms with Gasteiger partial charge in [-0.05, 0) is 30.4 Å². The number of nitrogens with one attached hydrogen (secondary N) is 2. The van der Waals surface area contributed by atoms with Gasteiger partial charge in [-0.2, -0.15) is 4.52 Å². The van der Waals surface area contributed by atoms with Crippen molar-refractivity contribution in [3.05, 3.63) is 54.6 Å². The Morgan fingerprint density at radius 2 is 1.66 bits per heavy atom. The first kappa shape index (κ1) is 22.8. The van der Waals surface area contributed by atoms with Crippen LogP contribution in [0.4, 0.5) is 5.95 Å². The van der Waals surface area contributed by atoms with Gasteiger partial charge in [0, 0.05) is 36.9 Å². The largest absolute Gasteiger partial charge is 0.342 e. The van der Waals surface area contributed by atoms with Crippen molar-refractivity contribution in [1.82, 2.24) is 29.9 Å². The molecule has 2 amide bonds. The summed E-state index contributed by atoms with van der Waals surface area (Å²) < 4.78 is 1.59. The van der Waals surface area contributed by atoms with Crippen LogP contribution in [0.15, 0.2) is 54.6 Å². The number of fused-ring (bicyclic) bond motifs is 3. The number of anilines is 1. The van der Waals surface area contributed by atoms with Crippen molar-refractivity contribution in [2.75, 3.05) is 18.5 Å². The molecule has 0 radical (unpaired) electrons. The van der Waals surface area contributed by atoms with Crippen LogP contribution in [-0.4, -0.2) is 49.4 Å². The van der Waals surface area contributed by atoms with Gasteiger partial charge >= 0.3 is 0 Å². The number of carbonyl (C=O) groups excluding carboxylic acids is 2. The van der Waals surface area contributed by atoms with Crippen molar-refractivity contribution in [3.63, 3.8) is 0 Å². The number of nitrogens with zero attached hydrogens (tertiary/aromatic N) is 5. The summed E-state index contributed by atoms with van der Waals surface area (Å²) in [6, 6.07) is 17.4. The zero-order chi connectivity index (χ0) is 24.4. The number of hydrazine groups is 1. The summed E-state index contributed by atoms with van der Waals surface area (Å²) in [5.74, 6) is 1.61. The Kier molecular flexibility index (Phi) is 6.31. The summed E-state index contributed by atoms with van der Waals surface area (Å²) >= 11 is 0. The van der Waals surface area contributed by atoms with Gasteiger partial charge in [0.2, 0.25) is 17.8 Å². The Labute approximate surface area is 203 Å². The van der Waals surface area contributed by atoms with E-state index in [1.165, 1.54) is 0 Å². The van der Waals surface area contributed by atoms with E-state index >= 15 is 0 Å². The molecule has 0 bridgehead atoms. The molecule has 2 aromatic heterocycles. The molecule has 1 saturated heterocycles. The summed E-state index contributed by atoms with van der Waals surface area (Å²) in [4.78, 5) is 36.4. The number of carbonyl (C=O) groups is 2. The van der Waals surface area contributed by atoms with Crippen LogP contribution in [0.2, 0.25) is 0 Å². The maximum absolute atomic E-state index is 12.6. The monoisotopic (exact) mass is 471 g/mol. The van der Waals surface area contributed by atoms with E-state index in [0.717, 1.165) is 36.0 Å². The second kappa shape index (κ2) is 9.69. The minimum Gasteiger partial charge on any atom is -0.342 e. The molecular weight excluding hydrogens is 442 g/mol. The number of hydrogen-bond acceptors (Lipinski definition) is 6. The highest BCUT2D eigenvalue weighted by atomic mass is 16.2. The van der Waals surface area contributed by atoms with E-state index in [9.17, 15) is 9.59 Å². The Hall–Kier alpha value is -4.01. The van der Waals surface area contributed by atoms with E-state index in [2.05, 4.69) is 34.8 Å². The molecule has 1 aliphatic rings. The maximum atomic E-state index is 12.6. The summed E-state index contributed by atoms with van der Waals surface area (Å²) in [6.45, 7) is 5.85. The molecule has 9 nitrogen and oxygen atoms in total. The molecule has 2 atom stereocenters. The van der Waals surface area contributed by atoms with E-state index in [1.807, 2.05) is 59.5 Å². The molecule has 35 heavy (non-hydrogen) atoms. The van der Waals surface area contributed by atoms with Gasteiger partial charge in [-0.15, -0.1) is 5.10 Å². The minimum atomic E-state index is -0.289. The first-order valence-corrected chi connectivity index (χ1v) is 12.0. The molecule has 0 aliphatic carbocycles. The first-order valence-electron chi connectivity index (χ1n) is 12.0. The number of piperidine rings is 1. The van der Waals surface area contributed by atoms with Gasteiger partial charge < -0.3 is 4.90 Å². The smallest absolute Gasteiger partial charge is 0.245 e. The van der Waals surface area contributed by atoms with Crippen LogP contribution in [0.25, 0.3) is 27.9 Å². The van der Waals surface area contributed by atoms with Crippen LogP contribution in [0.1, 0.15) is 33.1 Å². The number of amides is 2. The van der Waals surface area contributed by atoms with Crippen molar-refractivity contribution in [1.29, 1.82) is 0 Å². The summed E-state index contributed by atoms with van der Waals surface area (Å²) in [5, 5.41) is 5.49. The highest BCUT2D eigenvalue weighted by Gasteiger charge is 2.25. The van der Waals surface area contributed by atoms with Crippen molar-refractivity contribution < 1.29 is 9.59 Å². The van der Waals surface area contributed by atoms with Gasteiger partial charge in [-0.1, -0.05) is 56.3 Å². The molecule has 2 aromatic carbocycles. The predicted molar refractivity (Wildman–Crippen MR) is 134 cm³/mol. The van der Waals surface area contributed by atoms with E-state index < -0.39 is 0 Å². The molecule has 2 N–H and O–H groups in total. The second-order valence-electron chi connectivity index (χ2n) is 9.41. The lowest BCUT2D eigenvalue weighted by Gasteiger charge is -2.35. The van der Waals surface area contributed by atoms with Crippen LogP contribution in [0.3, 0.4) is 0 Å². The highest BCUT2D eigenvalue weighted by molar-refractivity contribution is 5.93. The van der Waals surface area contributed by atoms with E-state index in [1.54, 1.807) is 4.52 Å². The molecule has 9 heteroatoms. The molecule has 0 saturated carbocycles. The van der Waals surface area contributed by atoms with Gasteiger partial charge in [0.25, 0.3) is 0 Å². The second-order valence-corrected chi connectivity index (χ2v) is 9.41. The van der Waals surface area contributed by atoms with Gasteiger partial charge in [0.1, 0.15) is 0 Å². The molecule has 3 heterocycles. The van der Waals surface area contributed by atoms with Crippen molar-refractivity contribution >= 4 is 34.3 Å². The molecule has 0 unspecified atom stereocenters. The molecular formula is C26H29N7O2. The van der Waals surface area contributed by atoms with Crippen LogP contribution in [0, 0.1) is 11.8 Å². The van der Waals surface area contributed by atoms with E-state index in [-0.39, 0.29) is 24.7 Å². The van der Waals surface area contributed by atoms with Gasteiger partial charge in [-0.25, -0.2) is 9.97 Å². The first-order chi connectivity index (χ1) is 17.0. The van der Waals surface area contributed by atoms with Crippen molar-refractivity contribution in [3.8, 4) is 11.4 Å². The lowest BCUT2D eigenvalue weighted by atomic mass is 9.91. The Morgan fingerprint density at radius 3 is 2.43 bits per heavy atom. The zero-order valence-electron chi connectivity index (χ0n) is 19.9. The van der Waals surface area contributed by atoms with Crippen molar-refractivity contribution in [2.45, 2.75) is 33.1 Å². The van der Waals surface area contributed by atoms with Gasteiger partial charge in [0.15, 0.2) is 11.5 Å². The Balaban J connectivity index is 1.31. The standard InChI is InChI=1S/C26H29N7O2/c1-17-14-18(2)16-32(15-17)23(35)13-12-22(34)29-30-26-27-21-11-7-6-10-20(21)25-28-24(31-33(25)26)19-8-4-3-5-9-19/h3-11,17-18H,12-16H2,1-2H3,(H,27,30)(H,29,34)/t17-,18-/m1/s1. The number of para-hydroxylation sites is 1. The summed E-state index contributed by atoms with van der Waals surface area (Å²) in [6.07, 6.45) is 1.40. The number of likely N-dealkylation sites (tertiary alicyclic amines) is 1. The SMILES string of the molecule is C[C@@H]1C[C@@H](C)CN(C(=O)CCC(=O)NNc2nc3ccccc3c3nc(-c4ccccc4)nn23)C1. The number of benzene rings is 2. The van der Waals surface area contributed by atoms with Crippen LogP contribution in [-0.2, 0) is 9.59 Å². The lowest BCUT2D eigenvalue weighted by Crippen LogP contribution is -2.43. The molecule has 0 spiro atoms. The third-order valence-corrected chi connectivity index (χ3v) is 6.31. The van der Waals surface area contributed by atoms with Crippen LogP contribution >= 0.6 is 0 Å². The average molecular weight is 472 g/mol. The highest BCUT2D eigenvalue weighted by Crippen LogP contribution is 2.24. The molecule has 1 aliphatic heterocycles.